The lowest BCUT2D eigenvalue weighted by Crippen LogP contribution is -2.21. The summed E-state index contributed by atoms with van der Waals surface area (Å²) in [6.07, 6.45) is 0.487. The Bertz CT molecular complexity index is 490. The van der Waals surface area contributed by atoms with Gasteiger partial charge < -0.3 is 14.8 Å². The molecule has 0 aliphatic carbocycles. The molecule has 0 radical (unpaired) electrons. The van der Waals surface area contributed by atoms with E-state index in [0.29, 0.717) is 12.3 Å². The van der Waals surface area contributed by atoms with Crippen molar-refractivity contribution in [3.05, 3.63) is 35.6 Å². The Kier molecular flexibility index (Phi) is 3.82. The molecule has 0 saturated carbocycles. The first-order valence-electron chi connectivity index (χ1n) is 6.09. The molecule has 0 saturated heterocycles. The monoisotopic (exact) mass is 233 g/mol. The molecule has 1 aromatic carbocycles. The maximum atomic E-state index is 9.96. The normalized spacial score (nSPS) is 13.1. The molecule has 0 aliphatic heterocycles. The molecule has 1 atom stereocenters. The molecule has 0 fully saturated rings. The smallest absolute Gasteiger partial charge is 0.135 e. The van der Waals surface area contributed by atoms with Gasteiger partial charge in [0.2, 0.25) is 0 Å². The number of hydrogen-bond donors (Lipinski definition) is 2. The topological polar surface area (TPSA) is 45.4 Å². The summed E-state index contributed by atoms with van der Waals surface area (Å²) in [7, 11) is 0. The van der Waals surface area contributed by atoms with E-state index in [4.69, 9.17) is 4.42 Å². The van der Waals surface area contributed by atoms with Crippen LogP contribution >= 0.6 is 0 Å². The van der Waals surface area contributed by atoms with Crippen LogP contribution < -0.4 is 5.32 Å². The Labute approximate surface area is 101 Å². The van der Waals surface area contributed by atoms with Crippen molar-refractivity contribution in [1.29, 1.82) is 0 Å². The second-order valence-electron chi connectivity index (χ2n) is 4.41. The van der Waals surface area contributed by atoms with Gasteiger partial charge in [-0.1, -0.05) is 18.6 Å². The largest absolute Gasteiger partial charge is 0.458 e. The molecule has 3 heteroatoms. The second kappa shape index (κ2) is 5.34. The number of fused-ring (bicyclic) bond motifs is 1. The van der Waals surface area contributed by atoms with Crippen molar-refractivity contribution < 1.29 is 9.52 Å². The molecule has 2 rings (SSSR count). The highest BCUT2D eigenvalue weighted by Gasteiger charge is 2.12. The van der Waals surface area contributed by atoms with E-state index >= 15 is 0 Å². The van der Waals surface area contributed by atoms with E-state index in [1.807, 2.05) is 25.1 Å². The number of aliphatic hydroxyl groups excluding tert-OH is 1. The summed E-state index contributed by atoms with van der Waals surface area (Å²) in [4.78, 5) is 0. The standard InChI is InChI=1S/C14H19NO2/c1-3-6-15-9-12(16)14-8-11-7-10(2)4-5-13(11)17-14/h4-5,7-8,12,15-16H,3,6,9H2,1-2H3. The van der Waals surface area contributed by atoms with E-state index in [0.717, 1.165) is 23.9 Å². The lowest BCUT2D eigenvalue weighted by atomic mass is 10.1. The molecular formula is C14H19NO2. The van der Waals surface area contributed by atoms with Gasteiger partial charge in [0.1, 0.15) is 17.4 Å². The number of furan rings is 1. The fraction of sp³-hybridized carbons (Fsp3) is 0.429. The van der Waals surface area contributed by atoms with Gasteiger partial charge in [-0.2, -0.15) is 0 Å². The minimum Gasteiger partial charge on any atom is -0.458 e. The molecule has 92 valence electrons. The van der Waals surface area contributed by atoms with Crippen LogP contribution in [0.5, 0.6) is 0 Å². The van der Waals surface area contributed by atoms with Crippen molar-refractivity contribution >= 4 is 11.0 Å². The quantitative estimate of drug-likeness (QED) is 0.780. The van der Waals surface area contributed by atoms with Crippen LogP contribution in [0.1, 0.15) is 30.8 Å². The Hall–Kier alpha value is -1.32. The molecule has 2 aromatic rings. The van der Waals surface area contributed by atoms with Gasteiger partial charge in [0, 0.05) is 11.9 Å². The van der Waals surface area contributed by atoms with Crippen LogP contribution in [-0.2, 0) is 0 Å². The van der Waals surface area contributed by atoms with Crippen LogP contribution in [0.25, 0.3) is 11.0 Å². The van der Waals surface area contributed by atoms with Crippen LogP contribution in [0.2, 0.25) is 0 Å². The van der Waals surface area contributed by atoms with Crippen molar-refractivity contribution in [2.45, 2.75) is 26.4 Å². The van der Waals surface area contributed by atoms with E-state index < -0.39 is 6.10 Å². The van der Waals surface area contributed by atoms with Gasteiger partial charge >= 0.3 is 0 Å². The maximum Gasteiger partial charge on any atom is 0.135 e. The number of rotatable bonds is 5. The van der Waals surface area contributed by atoms with Crippen LogP contribution in [0.3, 0.4) is 0 Å². The van der Waals surface area contributed by atoms with Gasteiger partial charge in [-0.3, -0.25) is 0 Å². The Balaban J connectivity index is 2.12. The zero-order valence-corrected chi connectivity index (χ0v) is 10.4. The zero-order valence-electron chi connectivity index (χ0n) is 10.4. The van der Waals surface area contributed by atoms with E-state index in [1.165, 1.54) is 5.56 Å². The van der Waals surface area contributed by atoms with Gasteiger partial charge in [-0.25, -0.2) is 0 Å². The lowest BCUT2D eigenvalue weighted by Gasteiger charge is -2.07. The van der Waals surface area contributed by atoms with Gasteiger partial charge in [0.05, 0.1) is 0 Å². The highest BCUT2D eigenvalue weighted by molar-refractivity contribution is 5.78. The predicted octanol–water partition coefficient (Wildman–Crippen LogP) is 2.77. The van der Waals surface area contributed by atoms with Crippen molar-refractivity contribution in [3.63, 3.8) is 0 Å². The van der Waals surface area contributed by atoms with Gasteiger partial charge in [-0.15, -0.1) is 0 Å². The van der Waals surface area contributed by atoms with E-state index in [2.05, 4.69) is 18.3 Å². The van der Waals surface area contributed by atoms with Crippen LogP contribution in [0.15, 0.2) is 28.7 Å². The SMILES string of the molecule is CCCNCC(O)c1cc2cc(C)ccc2o1. The van der Waals surface area contributed by atoms with Gasteiger partial charge in [-0.05, 0) is 38.1 Å². The number of nitrogens with one attached hydrogen (secondary N) is 1. The van der Waals surface area contributed by atoms with Crippen LogP contribution in [0, 0.1) is 6.92 Å². The third-order valence-electron chi connectivity index (χ3n) is 2.78. The first-order valence-corrected chi connectivity index (χ1v) is 6.09. The first-order chi connectivity index (χ1) is 8.20. The highest BCUT2D eigenvalue weighted by Crippen LogP contribution is 2.24. The summed E-state index contributed by atoms with van der Waals surface area (Å²) in [6, 6.07) is 7.94. The molecule has 2 N–H and O–H groups in total. The van der Waals surface area contributed by atoms with Crippen LogP contribution in [-0.4, -0.2) is 18.2 Å². The lowest BCUT2D eigenvalue weighted by molar-refractivity contribution is 0.150. The van der Waals surface area contributed by atoms with Crippen molar-refractivity contribution in [1.82, 2.24) is 5.32 Å². The molecule has 0 spiro atoms. The van der Waals surface area contributed by atoms with Crippen molar-refractivity contribution in [2.75, 3.05) is 13.1 Å². The fourth-order valence-corrected chi connectivity index (χ4v) is 1.86. The average molecular weight is 233 g/mol. The van der Waals surface area contributed by atoms with Crippen molar-refractivity contribution in [3.8, 4) is 0 Å². The number of hydrogen-bond acceptors (Lipinski definition) is 3. The number of benzene rings is 1. The molecule has 1 aromatic heterocycles. The third-order valence-corrected chi connectivity index (χ3v) is 2.78. The molecule has 0 bridgehead atoms. The zero-order chi connectivity index (χ0) is 12.3. The van der Waals surface area contributed by atoms with Gasteiger partial charge in [0.25, 0.3) is 0 Å². The minimum absolute atomic E-state index is 0.534. The Morgan fingerprint density at radius 2 is 2.18 bits per heavy atom. The summed E-state index contributed by atoms with van der Waals surface area (Å²) < 4.78 is 5.63. The molecule has 0 aliphatic rings. The summed E-state index contributed by atoms with van der Waals surface area (Å²) in [5.74, 6) is 0.634. The van der Waals surface area contributed by atoms with Crippen molar-refractivity contribution in [2.24, 2.45) is 0 Å². The molecule has 0 amide bonds. The third kappa shape index (κ3) is 2.87. The predicted molar refractivity (Wildman–Crippen MR) is 69.1 cm³/mol. The van der Waals surface area contributed by atoms with E-state index in [-0.39, 0.29) is 0 Å². The summed E-state index contributed by atoms with van der Waals surface area (Å²) in [5.41, 5.74) is 2.03. The highest BCUT2D eigenvalue weighted by atomic mass is 16.4. The second-order valence-corrected chi connectivity index (χ2v) is 4.41. The average Bonchev–Trinajstić information content (AvgIpc) is 2.72. The first kappa shape index (κ1) is 12.1. The van der Waals surface area contributed by atoms with E-state index in [9.17, 15) is 5.11 Å². The Morgan fingerprint density at radius 3 is 2.94 bits per heavy atom. The molecule has 1 unspecified atom stereocenters. The molecular weight excluding hydrogens is 214 g/mol. The number of aryl methyl sites for hydroxylation is 1. The summed E-state index contributed by atoms with van der Waals surface area (Å²) in [5, 5.41) is 14.2. The van der Waals surface area contributed by atoms with E-state index in [1.54, 1.807) is 0 Å². The van der Waals surface area contributed by atoms with Crippen LogP contribution in [0.4, 0.5) is 0 Å². The number of aliphatic hydroxyl groups is 1. The summed E-state index contributed by atoms with van der Waals surface area (Å²) in [6.45, 7) is 5.59. The molecule has 3 nitrogen and oxygen atoms in total. The molecule has 1 heterocycles. The molecule has 17 heavy (non-hydrogen) atoms. The van der Waals surface area contributed by atoms with Gasteiger partial charge in [0.15, 0.2) is 0 Å². The fourth-order valence-electron chi connectivity index (χ4n) is 1.86. The minimum atomic E-state index is -0.575. The maximum absolute atomic E-state index is 9.96. The summed E-state index contributed by atoms with van der Waals surface area (Å²) >= 11 is 0. The Morgan fingerprint density at radius 1 is 1.35 bits per heavy atom.